The van der Waals surface area contributed by atoms with Gasteiger partial charge in [-0.2, -0.15) is 13.2 Å². The lowest BCUT2D eigenvalue weighted by Gasteiger charge is -2.32. The highest BCUT2D eigenvalue weighted by molar-refractivity contribution is 5.98. The Morgan fingerprint density at radius 3 is 2.48 bits per heavy atom. The lowest BCUT2D eigenvalue weighted by Crippen LogP contribution is -2.38. The van der Waals surface area contributed by atoms with Gasteiger partial charge in [-0.3, -0.25) is 14.6 Å². The SMILES string of the molecule is O=C1NCCc2nc(C3CCN(C(=O)c4ccccc4)CC3)cc(C(F)(F)F)c21. The van der Waals surface area contributed by atoms with Gasteiger partial charge in [0.15, 0.2) is 0 Å². The molecule has 0 spiro atoms. The van der Waals surface area contributed by atoms with Crippen molar-refractivity contribution >= 4 is 11.8 Å². The summed E-state index contributed by atoms with van der Waals surface area (Å²) in [6, 6.07) is 9.95. The molecule has 0 radical (unpaired) electrons. The highest BCUT2D eigenvalue weighted by Crippen LogP contribution is 2.37. The number of nitrogens with one attached hydrogen (secondary N) is 1. The lowest BCUT2D eigenvalue weighted by molar-refractivity contribution is -0.138. The molecule has 152 valence electrons. The van der Waals surface area contributed by atoms with E-state index in [4.69, 9.17) is 0 Å². The van der Waals surface area contributed by atoms with E-state index in [0.29, 0.717) is 37.2 Å². The van der Waals surface area contributed by atoms with Crippen molar-refractivity contribution in [2.75, 3.05) is 19.6 Å². The van der Waals surface area contributed by atoms with Crippen LogP contribution in [0.25, 0.3) is 0 Å². The fourth-order valence-corrected chi connectivity index (χ4v) is 4.01. The number of alkyl halides is 3. The summed E-state index contributed by atoms with van der Waals surface area (Å²) in [5.74, 6) is -0.970. The third kappa shape index (κ3) is 3.83. The number of rotatable bonds is 2. The maximum atomic E-state index is 13.6. The molecule has 0 atom stereocenters. The second-order valence-corrected chi connectivity index (χ2v) is 7.35. The Kier molecular flexibility index (Phi) is 5.02. The molecule has 5 nitrogen and oxygen atoms in total. The van der Waals surface area contributed by atoms with E-state index in [1.165, 1.54) is 0 Å². The average Bonchev–Trinajstić information content (AvgIpc) is 2.73. The number of benzene rings is 1. The van der Waals surface area contributed by atoms with Gasteiger partial charge in [0.25, 0.3) is 11.8 Å². The molecule has 4 rings (SSSR count). The Morgan fingerprint density at radius 1 is 1.14 bits per heavy atom. The minimum absolute atomic E-state index is 0.0740. The molecule has 1 aromatic heterocycles. The van der Waals surface area contributed by atoms with Crippen LogP contribution in [0.15, 0.2) is 36.4 Å². The highest BCUT2D eigenvalue weighted by atomic mass is 19.4. The topological polar surface area (TPSA) is 62.3 Å². The van der Waals surface area contributed by atoms with Crippen molar-refractivity contribution in [1.82, 2.24) is 15.2 Å². The van der Waals surface area contributed by atoms with Gasteiger partial charge in [-0.15, -0.1) is 0 Å². The van der Waals surface area contributed by atoms with Crippen LogP contribution in [0.4, 0.5) is 13.2 Å². The van der Waals surface area contributed by atoms with Gasteiger partial charge in [0.05, 0.1) is 16.8 Å². The van der Waals surface area contributed by atoms with Crippen molar-refractivity contribution in [1.29, 1.82) is 0 Å². The lowest BCUT2D eigenvalue weighted by atomic mass is 9.89. The van der Waals surface area contributed by atoms with E-state index >= 15 is 0 Å². The number of fused-ring (bicyclic) bond motifs is 1. The van der Waals surface area contributed by atoms with Crippen LogP contribution in [0, 0.1) is 0 Å². The molecule has 2 amide bonds. The standard InChI is InChI=1S/C21H20F3N3O2/c22-21(23,24)15-12-17(26-16-6-9-25-19(28)18(15)16)13-7-10-27(11-8-13)20(29)14-4-2-1-3-5-14/h1-5,12-13H,6-11H2,(H,25,28). The van der Waals surface area contributed by atoms with Crippen molar-refractivity contribution in [3.8, 4) is 0 Å². The fourth-order valence-electron chi connectivity index (χ4n) is 4.01. The van der Waals surface area contributed by atoms with E-state index in [1.807, 2.05) is 6.07 Å². The number of pyridine rings is 1. The van der Waals surface area contributed by atoms with Crippen LogP contribution in [0.1, 0.15) is 56.4 Å². The molecule has 29 heavy (non-hydrogen) atoms. The van der Waals surface area contributed by atoms with Crippen LogP contribution < -0.4 is 5.32 Å². The first kappa shape index (κ1) is 19.4. The molecular weight excluding hydrogens is 383 g/mol. The normalized spacial score (nSPS) is 17.6. The molecule has 0 unspecified atom stereocenters. The molecule has 1 saturated heterocycles. The summed E-state index contributed by atoms with van der Waals surface area (Å²) in [4.78, 5) is 30.7. The third-order valence-electron chi connectivity index (χ3n) is 5.52. The summed E-state index contributed by atoms with van der Waals surface area (Å²) in [6.07, 6.45) is -3.27. The van der Waals surface area contributed by atoms with Crippen LogP contribution in [0.2, 0.25) is 0 Å². The van der Waals surface area contributed by atoms with Gasteiger partial charge in [0.2, 0.25) is 0 Å². The molecule has 8 heteroatoms. The number of aromatic nitrogens is 1. The second-order valence-electron chi connectivity index (χ2n) is 7.35. The van der Waals surface area contributed by atoms with Crippen LogP contribution in [-0.2, 0) is 12.6 Å². The minimum atomic E-state index is -4.62. The Labute approximate surface area is 165 Å². The van der Waals surface area contributed by atoms with Crippen molar-refractivity contribution in [2.24, 2.45) is 0 Å². The van der Waals surface area contributed by atoms with E-state index in [0.717, 1.165) is 6.07 Å². The summed E-state index contributed by atoms with van der Waals surface area (Å²) in [5, 5.41) is 2.46. The molecule has 0 bridgehead atoms. The van der Waals surface area contributed by atoms with E-state index in [-0.39, 0.29) is 36.0 Å². The van der Waals surface area contributed by atoms with Gasteiger partial charge in [-0.05, 0) is 31.0 Å². The summed E-state index contributed by atoms with van der Waals surface area (Å²) < 4.78 is 40.8. The monoisotopic (exact) mass is 403 g/mol. The molecule has 1 fully saturated rings. The third-order valence-corrected chi connectivity index (χ3v) is 5.52. The Bertz CT molecular complexity index is 936. The molecule has 0 aliphatic carbocycles. The molecule has 2 aromatic rings. The largest absolute Gasteiger partial charge is 0.417 e. The predicted octanol–water partition coefficient (Wildman–Crippen LogP) is 3.41. The second kappa shape index (κ2) is 7.50. The number of halogens is 3. The summed E-state index contributed by atoms with van der Waals surface area (Å²) in [6.45, 7) is 1.20. The van der Waals surface area contributed by atoms with Crippen LogP contribution in [0.3, 0.4) is 0 Å². The number of amides is 2. The first-order valence-corrected chi connectivity index (χ1v) is 9.58. The quantitative estimate of drug-likeness (QED) is 0.836. The maximum Gasteiger partial charge on any atom is 0.417 e. The fraction of sp³-hybridized carbons (Fsp3) is 0.381. The van der Waals surface area contributed by atoms with E-state index in [1.54, 1.807) is 29.2 Å². The molecule has 2 aliphatic rings. The van der Waals surface area contributed by atoms with Crippen molar-refractivity contribution in [3.63, 3.8) is 0 Å². The first-order valence-electron chi connectivity index (χ1n) is 9.58. The number of hydrogen-bond donors (Lipinski definition) is 1. The van der Waals surface area contributed by atoms with E-state index < -0.39 is 17.6 Å². The zero-order valence-corrected chi connectivity index (χ0v) is 15.6. The van der Waals surface area contributed by atoms with Gasteiger partial charge < -0.3 is 10.2 Å². The molecular formula is C21H20F3N3O2. The molecule has 1 N–H and O–H groups in total. The number of carbonyl (C=O) groups is 2. The maximum absolute atomic E-state index is 13.6. The average molecular weight is 403 g/mol. The van der Waals surface area contributed by atoms with Gasteiger partial charge in [0, 0.05) is 43.2 Å². The van der Waals surface area contributed by atoms with E-state index in [2.05, 4.69) is 10.3 Å². The van der Waals surface area contributed by atoms with Crippen LogP contribution in [0.5, 0.6) is 0 Å². The van der Waals surface area contributed by atoms with Crippen molar-refractivity contribution < 1.29 is 22.8 Å². The van der Waals surface area contributed by atoms with Gasteiger partial charge in [-0.25, -0.2) is 0 Å². The number of carbonyl (C=O) groups excluding carboxylic acids is 2. The number of likely N-dealkylation sites (tertiary alicyclic amines) is 1. The molecule has 0 saturated carbocycles. The smallest absolute Gasteiger partial charge is 0.352 e. The number of nitrogens with zero attached hydrogens (tertiary/aromatic N) is 2. The van der Waals surface area contributed by atoms with Crippen molar-refractivity contribution in [3.05, 3.63) is 64.5 Å². The van der Waals surface area contributed by atoms with E-state index in [9.17, 15) is 22.8 Å². The number of piperidine rings is 1. The zero-order chi connectivity index (χ0) is 20.6. The van der Waals surface area contributed by atoms with Crippen LogP contribution in [-0.4, -0.2) is 41.3 Å². The summed E-state index contributed by atoms with van der Waals surface area (Å²) in [5.41, 5.74) is -0.108. The molecule has 2 aliphatic heterocycles. The summed E-state index contributed by atoms with van der Waals surface area (Å²) >= 11 is 0. The Morgan fingerprint density at radius 2 is 1.83 bits per heavy atom. The zero-order valence-electron chi connectivity index (χ0n) is 15.6. The van der Waals surface area contributed by atoms with Gasteiger partial charge in [0.1, 0.15) is 0 Å². The predicted molar refractivity (Wildman–Crippen MR) is 99.6 cm³/mol. The Hall–Kier alpha value is -2.90. The summed E-state index contributed by atoms with van der Waals surface area (Å²) in [7, 11) is 0. The van der Waals surface area contributed by atoms with Crippen molar-refractivity contribution in [2.45, 2.75) is 31.4 Å². The van der Waals surface area contributed by atoms with Gasteiger partial charge in [-0.1, -0.05) is 18.2 Å². The Balaban J connectivity index is 1.56. The first-order chi connectivity index (χ1) is 13.8. The van der Waals surface area contributed by atoms with Crippen LogP contribution >= 0.6 is 0 Å². The minimum Gasteiger partial charge on any atom is -0.352 e. The number of hydrogen-bond acceptors (Lipinski definition) is 3. The molecule has 3 heterocycles. The molecule has 1 aromatic carbocycles. The van der Waals surface area contributed by atoms with Gasteiger partial charge >= 0.3 is 6.18 Å². The highest BCUT2D eigenvalue weighted by Gasteiger charge is 2.39.